The van der Waals surface area contributed by atoms with Gasteiger partial charge in [-0.25, -0.2) is 0 Å². The van der Waals surface area contributed by atoms with Crippen molar-refractivity contribution >= 4 is 17.2 Å². The number of likely N-dealkylation sites (tertiary alicyclic amines) is 1. The van der Waals surface area contributed by atoms with Crippen LogP contribution in [0, 0.1) is 0 Å². The molecule has 0 aliphatic carbocycles. The van der Waals surface area contributed by atoms with Crippen LogP contribution in [0.25, 0.3) is 11.3 Å². The molecule has 1 fully saturated rings. The highest BCUT2D eigenvalue weighted by Gasteiger charge is 2.21. The molecule has 1 aliphatic heterocycles. The number of thiophene rings is 1. The Balaban J connectivity index is 1.28. The van der Waals surface area contributed by atoms with Gasteiger partial charge in [-0.3, -0.25) is 14.7 Å². The van der Waals surface area contributed by atoms with Crippen molar-refractivity contribution in [1.29, 1.82) is 0 Å². The van der Waals surface area contributed by atoms with E-state index >= 15 is 0 Å². The van der Waals surface area contributed by atoms with Crippen LogP contribution in [-0.4, -0.2) is 34.9 Å². The Labute approximate surface area is 163 Å². The highest BCUT2D eigenvalue weighted by Crippen LogP contribution is 2.20. The lowest BCUT2D eigenvalue weighted by Gasteiger charge is -2.32. The predicted octanol–water partition coefficient (Wildman–Crippen LogP) is 4.20. The van der Waals surface area contributed by atoms with Gasteiger partial charge < -0.3 is 5.32 Å². The molecule has 2 aromatic heterocycles. The van der Waals surface area contributed by atoms with Crippen molar-refractivity contribution in [2.75, 3.05) is 13.1 Å². The number of carbonyl (C=O) groups excluding carboxylic acids is 1. The first kappa shape index (κ1) is 17.9. The summed E-state index contributed by atoms with van der Waals surface area (Å²) in [7, 11) is 0. The quantitative estimate of drug-likeness (QED) is 0.725. The lowest BCUT2D eigenvalue weighted by atomic mass is 10.0. The van der Waals surface area contributed by atoms with Crippen LogP contribution in [0.5, 0.6) is 0 Å². The Kier molecular flexibility index (Phi) is 5.61. The summed E-state index contributed by atoms with van der Waals surface area (Å²) in [6.07, 6.45) is 3.64. The van der Waals surface area contributed by atoms with Crippen molar-refractivity contribution in [2.45, 2.75) is 25.4 Å². The number of piperidine rings is 1. The molecule has 27 heavy (non-hydrogen) atoms. The molecular weight excluding hydrogens is 354 g/mol. The van der Waals surface area contributed by atoms with E-state index in [4.69, 9.17) is 0 Å². The number of nitrogens with zero attached hydrogens (tertiary/aromatic N) is 2. The average molecular weight is 378 g/mol. The minimum atomic E-state index is -0.0270. The van der Waals surface area contributed by atoms with Gasteiger partial charge in [0.15, 0.2) is 0 Å². The monoisotopic (exact) mass is 377 g/mol. The molecule has 1 amide bonds. The van der Waals surface area contributed by atoms with E-state index < -0.39 is 0 Å². The molecule has 0 bridgehead atoms. The van der Waals surface area contributed by atoms with Crippen molar-refractivity contribution in [1.82, 2.24) is 15.2 Å². The van der Waals surface area contributed by atoms with Crippen LogP contribution in [0.2, 0.25) is 0 Å². The number of nitrogens with one attached hydrogen (secondary N) is 1. The zero-order chi connectivity index (χ0) is 18.5. The number of benzene rings is 1. The molecule has 1 aromatic carbocycles. The van der Waals surface area contributed by atoms with Gasteiger partial charge in [0.1, 0.15) is 0 Å². The topological polar surface area (TPSA) is 45.2 Å². The number of hydrogen-bond acceptors (Lipinski definition) is 4. The zero-order valence-corrected chi connectivity index (χ0v) is 16.0. The molecule has 0 unspecified atom stereocenters. The van der Waals surface area contributed by atoms with E-state index in [1.807, 2.05) is 29.6 Å². The molecule has 4 nitrogen and oxygen atoms in total. The molecule has 5 heteroatoms. The number of rotatable bonds is 5. The van der Waals surface area contributed by atoms with E-state index in [2.05, 4.69) is 44.8 Å². The van der Waals surface area contributed by atoms with E-state index in [1.165, 1.54) is 5.56 Å². The third-order valence-electron chi connectivity index (χ3n) is 5.01. The molecule has 0 radical (unpaired) electrons. The normalized spacial score (nSPS) is 15.6. The van der Waals surface area contributed by atoms with Gasteiger partial charge in [0.2, 0.25) is 0 Å². The predicted molar refractivity (Wildman–Crippen MR) is 110 cm³/mol. The van der Waals surface area contributed by atoms with E-state index in [9.17, 15) is 4.79 Å². The Bertz CT molecular complexity index is 854. The van der Waals surface area contributed by atoms with E-state index in [0.717, 1.165) is 43.7 Å². The molecule has 0 saturated carbocycles. The smallest absolute Gasteiger partial charge is 0.253 e. The summed E-state index contributed by atoms with van der Waals surface area (Å²) in [5.41, 5.74) is 3.97. The summed E-state index contributed by atoms with van der Waals surface area (Å²) in [6, 6.07) is 16.6. The van der Waals surface area contributed by atoms with Crippen LogP contribution in [0.1, 0.15) is 28.8 Å². The SMILES string of the molecule is O=C(NC1CCN(Cc2ccccc2)CC1)c1ccc(-c2ccsc2)nc1. The van der Waals surface area contributed by atoms with Crippen LogP contribution < -0.4 is 5.32 Å². The second-order valence-corrected chi connectivity index (χ2v) is 7.73. The van der Waals surface area contributed by atoms with Crippen LogP contribution in [0.15, 0.2) is 65.5 Å². The maximum atomic E-state index is 12.5. The van der Waals surface area contributed by atoms with Crippen molar-refractivity contribution < 1.29 is 4.79 Å². The fraction of sp³-hybridized carbons (Fsp3) is 0.273. The second kappa shape index (κ2) is 8.46. The third kappa shape index (κ3) is 4.62. The van der Waals surface area contributed by atoms with Gasteiger partial charge in [-0.15, -0.1) is 0 Å². The largest absolute Gasteiger partial charge is 0.349 e. The maximum Gasteiger partial charge on any atom is 0.253 e. The van der Waals surface area contributed by atoms with Crippen molar-refractivity contribution in [3.05, 3.63) is 76.6 Å². The van der Waals surface area contributed by atoms with Gasteiger partial charge in [0.05, 0.1) is 11.3 Å². The second-order valence-electron chi connectivity index (χ2n) is 6.95. The van der Waals surface area contributed by atoms with Crippen LogP contribution >= 0.6 is 11.3 Å². The van der Waals surface area contributed by atoms with E-state index in [-0.39, 0.29) is 11.9 Å². The molecule has 0 spiro atoms. The van der Waals surface area contributed by atoms with Crippen molar-refractivity contribution in [3.8, 4) is 11.3 Å². The Morgan fingerprint density at radius 1 is 1.11 bits per heavy atom. The number of aromatic nitrogens is 1. The minimum absolute atomic E-state index is 0.0270. The summed E-state index contributed by atoms with van der Waals surface area (Å²) in [5.74, 6) is -0.0270. The molecule has 4 rings (SSSR count). The van der Waals surface area contributed by atoms with Gasteiger partial charge in [-0.1, -0.05) is 30.3 Å². The first-order valence-corrected chi connectivity index (χ1v) is 10.3. The van der Waals surface area contributed by atoms with Gasteiger partial charge in [-0.2, -0.15) is 11.3 Å². The molecule has 3 heterocycles. The van der Waals surface area contributed by atoms with Gasteiger partial charge >= 0.3 is 0 Å². The standard InChI is InChI=1S/C22H23N3OS/c26-22(18-6-7-21(23-14-18)19-10-13-27-16-19)24-20-8-11-25(12-9-20)15-17-4-2-1-3-5-17/h1-7,10,13-14,16,20H,8-9,11-12,15H2,(H,24,26). The highest BCUT2D eigenvalue weighted by atomic mass is 32.1. The van der Waals surface area contributed by atoms with Crippen LogP contribution in [-0.2, 0) is 6.54 Å². The molecule has 0 atom stereocenters. The summed E-state index contributed by atoms with van der Waals surface area (Å²) in [5, 5.41) is 7.26. The van der Waals surface area contributed by atoms with Crippen LogP contribution in [0.4, 0.5) is 0 Å². The summed E-state index contributed by atoms with van der Waals surface area (Å²) < 4.78 is 0. The molecular formula is C22H23N3OS. The molecule has 1 aliphatic rings. The minimum Gasteiger partial charge on any atom is -0.349 e. The van der Waals surface area contributed by atoms with E-state index in [0.29, 0.717) is 5.56 Å². The lowest BCUT2D eigenvalue weighted by molar-refractivity contribution is 0.0908. The summed E-state index contributed by atoms with van der Waals surface area (Å²) >= 11 is 1.65. The summed E-state index contributed by atoms with van der Waals surface area (Å²) in [4.78, 5) is 19.4. The van der Waals surface area contributed by atoms with Crippen molar-refractivity contribution in [3.63, 3.8) is 0 Å². The molecule has 3 aromatic rings. The number of hydrogen-bond donors (Lipinski definition) is 1. The third-order valence-corrected chi connectivity index (χ3v) is 5.70. The van der Waals surface area contributed by atoms with Crippen molar-refractivity contribution in [2.24, 2.45) is 0 Å². The first-order chi connectivity index (χ1) is 13.3. The van der Waals surface area contributed by atoms with Gasteiger partial charge in [0.25, 0.3) is 5.91 Å². The molecule has 1 saturated heterocycles. The van der Waals surface area contributed by atoms with E-state index in [1.54, 1.807) is 17.5 Å². The number of carbonyl (C=O) groups is 1. The molecule has 1 N–H and O–H groups in total. The highest BCUT2D eigenvalue weighted by molar-refractivity contribution is 7.08. The first-order valence-electron chi connectivity index (χ1n) is 9.34. The van der Waals surface area contributed by atoms with Gasteiger partial charge in [0, 0.05) is 42.8 Å². The number of pyridine rings is 1. The molecule has 138 valence electrons. The summed E-state index contributed by atoms with van der Waals surface area (Å²) in [6.45, 7) is 3.00. The maximum absolute atomic E-state index is 12.5. The number of amides is 1. The zero-order valence-electron chi connectivity index (χ0n) is 15.2. The Morgan fingerprint density at radius 3 is 2.59 bits per heavy atom. The lowest BCUT2D eigenvalue weighted by Crippen LogP contribution is -2.44. The Hall–Kier alpha value is -2.50. The Morgan fingerprint density at radius 2 is 1.93 bits per heavy atom. The van der Waals surface area contributed by atoms with Gasteiger partial charge in [-0.05, 0) is 42.0 Å². The average Bonchev–Trinajstić information content (AvgIpc) is 3.25. The fourth-order valence-corrected chi connectivity index (χ4v) is 4.10. The fourth-order valence-electron chi connectivity index (χ4n) is 3.45. The van der Waals surface area contributed by atoms with Crippen LogP contribution in [0.3, 0.4) is 0 Å².